The lowest BCUT2D eigenvalue weighted by Crippen LogP contribution is -1.99. The molecule has 3 aromatic rings. The molecule has 0 unspecified atom stereocenters. The zero-order chi connectivity index (χ0) is 14.1. The highest BCUT2D eigenvalue weighted by Crippen LogP contribution is 2.25. The fourth-order valence-electron chi connectivity index (χ4n) is 2.44. The third kappa shape index (κ3) is 2.42. The van der Waals surface area contributed by atoms with Crippen molar-refractivity contribution in [3.63, 3.8) is 0 Å². The van der Waals surface area contributed by atoms with Crippen LogP contribution in [0.25, 0.3) is 10.9 Å². The first-order valence-electron chi connectivity index (χ1n) is 6.40. The number of hydrogen-bond acceptors (Lipinski definition) is 1. The van der Waals surface area contributed by atoms with Gasteiger partial charge in [-0.05, 0) is 35.4 Å². The second-order valence-corrected chi connectivity index (χ2v) is 5.56. The number of fused-ring (bicyclic) bond motifs is 1. The number of rotatable bonds is 3. The number of nitrogens with zero attached hydrogens (tertiary/aromatic N) is 1. The molecule has 0 spiro atoms. The van der Waals surface area contributed by atoms with Crippen LogP contribution in [0.3, 0.4) is 0 Å². The molecule has 0 aliphatic heterocycles. The molecule has 0 bridgehead atoms. The lowest BCUT2D eigenvalue weighted by Gasteiger charge is -2.08. The van der Waals surface area contributed by atoms with Crippen LogP contribution in [0.5, 0.6) is 0 Å². The molecule has 0 aliphatic rings. The molecular formula is C16H14Cl2N2. The van der Waals surface area contributed by atoms with E-state index < -0.39 is 0 Å². The molecule has 0 amide bonds. The van der Waals surface area contributed by atoms with Crippen LogP contribution in [-0.2, 0) is 13.1 Å². The maximum Gasteiger partial charge on any atom is 0.0595 e. The molecule has 0 saturated carbocycles. The average Bonchev–Trinajstić information content (AvgIpc) is 2.86. The number of hydrogen-bond donors (Lipinski definition) is 1. The van der Waals surface area contributed by atoms with Crippen molar-refractivity contribution in [2.24, 2.45) is 5.73 Å². The maximum atomic E-state index is 6.06. The highest BCUT2D eigenvalue weighted by Gasteiger charge is 2.06. The van der Waals surface area contributed by atoms with Crippen LogP contribution < -0.4 is 5.73 Å². The van der Waals surface area contributed by atoms with Crippen LogP contribution in [0.4, 0.5) is 0 Å². The van der Waals surface area contributed by atoms with Crippen LogP contribution in [0, 0.1) is 0 Å². The van der Waals surface area contributed by atoms with Crippen LogP contribution in [0.2, 0.25) is 10.0 Å². The first-order chi connectivity index (χ1) is 9.69. The summed E-state index contributed by atoms with van der Waals surface area (Å²) in [5.74, 6) is 0. The Morgan fingerprint density at radius 3 is 2.60 bits per heavy atom. The topological polar surface area (TPSA) is 30.9 Å². The standard InChI is InChI=1S/C16H14Cl2N2/c17-14-5-4-11(8-15(14)18)10-20-7-6-13-12(9-19)2-1-3-16(13)20/h1-8H,9-10,19H2. The molecule has 4 heteroatoms. The number of aromatic nitrogens is 1. The summed E-state index contributed by atoms with van der Waals surface area (Å²) in [6.07, 6.45) is 2.08. The first-order valence-corrected chi connectivity index (χ1v) is 7.15. The van der Waals surface area contributed by atoms with Gasteiger partial charge in [0.15, 0.2) is 0 Å². The van der Waals surface area contributed by atoms with Crippen LogP contribution in [-0.4, -0.2) is 4.57 Å². The Labute approximate surface area is 127 Å². The minimum Gasteiger partial charge on any atom is -0.343 e. The molecule has 0 aliphatic carbocycles. The van der Waals surface area contributed by atoms with E-state index in [1.807, 2.05) is 24.3 Å². The SMILES string of the molecule is NCc1cccc2c1ccn2Cc1ccc(Cl)c(Cl)c1. The molecule has 20 heavy (non-hydrogen) atoms. The van der Waals surface area contributed by atoms with Gasteiger partial charge in [0.1, 0.15) is 0 Å². The van der Waals surface area contributed by atoms with E-state index in [9.17, 15) is 0 Å². The molecule has 102 valence electrons. The van der Waals surface area contributed by atoms with Gasteiger partial charge in [-0.2, -0.15) is 0 Å². The van der Waals surface area contributed by atoms with E-state index in [1.165, 1.54) is 10.9 Å². The van der Waals surface area contributed by atoms with E-state index >= 15 is 0 Å². The Morgan fingerprint density at radius 1 is 1.00 bits per heavy atom. The van der Waals surface area contributed by atoms with E-state index in [0.717, 1.165) is 17.7 Å². The molecule has 1 aromatic heterocycles. The van der Waals surface area contributed by atoms with Gasteiger partial charge in [0.05, 0.1) is 10.0 Å². The summed E-state index contributed by atoms with van der Waals surface area (Å²) in [5, 5.41) is 2.37. The minimum absolute atomic E-state index is 0.550. The van der Waals surface area contributed by atoms with Gasteiger partial charge in [-0.15, -0.1) is 0 Å². The smallest absolute Gasteiger partial charge is 0.0595 e. The average molecular weight is 305 g/mol. The number of benzene rings is 2. The number of nitrogens with two attached hydrogens (primary N) is 1. The highest BCUT2D eigenvalue weighted by atomic mass is 35.5. The summed E-state index contributed by atoms with van der Waals surface area (Å²) in [6, 6.07) is 14.0. The van der Waals surface area contributed by atoms with Gasteiger partial charge in [0.2, 0.25) is 0 Å². The van der Waals surface area contributed by atoms with Crippen molar-refractivity contribution in [3.05, 3.63) is 69.8 Å². The second-order valence-electron chi connectivity index (χ2n) is 4.75. The van der Waals surface area contributed by atoms with Crippen molar-refractivity contribution in [2.75, 3.05) is 0 Å². The normalized spacial score (nSPS) is 11.2. The third-order valence-electron chi connectivity index (χ3n) is 3.46. The van der Waals surface area contributed by atoms with Gasteiger partial charge in [0.25, 0.3) is 0 Å². The maximum absolute atomic E-state index is 6.06. The highest BCUT2D eigenvalue weighted by molar-refractivity contribution is 6.42. The van der Waals surface area contributed by atoms with E-state index in [1.54, 1.807) is 0 Å². The van der Waals surface area contributed by atoms with Crippen molar-refractivity contribution < 1.29 is 0 Å². The van der Waals surface area contributed by atoms with Crippen molar-refractivity contribution in [1.29, 1.82) is 0 Å². The molecule has 2 N–H and O–H groups in total. The zero-order valence-electron chi connectivity index (χ0n) is 10.8. The van der Waals surface area contributed by atoms with E-state index in [0.29, 0.717) is 16.6 Å². The number of halogens is 2. The van der Waals surface area contributed by atoms with Gasteiger partial charge in [0, 0.05) is 30.2 Å². The Morgan fingerprint density at radius 2 is 1.85 bits per heavy atom. The fraction of sp³-hybridized carbons (Fsp3) is 0.125. The summed E-state index contributed by atoms with van der Waals surface area (Å²) in [7, 11) is 0. The second kappa shape index (κ2) is 5.49. The minimum atomic E-state index is 0.550. The fourth-order valence-corrected chi connectivity index (χ4v) is 2.76. The van der Waals surface area contributed by atoms with Crippen molar-refractivity contribution >= 4 is 34.1 Å². The quantitative estimate of drug-likeness (QED) is 0.761. The molecule has 0 saturated heterocycles. The Balaban J connectivity index is 2.00. The van der Waals surface area contributed by atoms with E-state index in [2.05, 4.69) is 29.0 Å². The van der Waals surface area contributed by atoms with Gasteiger partial charge in [-0.3, -0.25) is 0 Å². The van der Waals surface area contributed by atoms with Gasteiger partial charge < -0.3 is 10.3 Å². The van der Waals surface area contributed by atoms with Gasteiger partial charge in [-0.25, -0.2) is 0 Å². The predicted molar refractivity (Wildman–Crippen MR) is 85.4 cm³/mol. The monoisotopic (exact) mass is 304 g/mol. The first kappa shape index (κ1) is 13.5. The summed E-state index contributed by atoms with van der Waals surface area (Å²) in [6.45, 7) is 1.31. The Hall–Kier alpha value is -1.48. The molecule has 0 radical (unpaired) electrons. The van der Waals surface area contributed by atoms with Crippen LogP contribution in [0.15, 0.2) is 48.7 Å². The lowest BCUT2D eigenvalue weighted by atomic mass is 10.1. The molecule has 0 atom stereocenters. The van der Waals surface area contributed by atoms with Crippen molar-refractivity contribution in [1.82, 2.24) is 4.57 Å². The largest absolute Gasteiger partial charge is 0.343 e. The molecule has 0 fully saturated rings. The van der Waals surface area contributed by atoms with Crippen molar-refractivity contribution in [2.45, 2.75) is 13.1 Å². The van der Waals surface area contributed by atoms with Crippen LogP contribution in [0.1, 0.15) is 11.1 Å². The van der Waals surface area contributed by atoms with E-state index in [4.69, 9.17) is 28.9 Å². The van der Waals surface area contributed by atoms with Gasteiger partial charge >= 0.3 is 0 Å². The lowest BCUT2D eigenvalue weighted by molar-refractivity contribution is 0.837. The molecule has 2 nitrogen and oxygen atoms in total. The molecule has 2 aromatic carbocycles. The Bertz CT molecular complexity index is 762. The van der Waals surface area contributed by atoms with E-state index in [-0.39, 0.29) is 0 Å². The van der Waals surface area contributed by atoms with Gasteiger partial charge in [-0.1, -0.05) is 41.4 Å². The molecule has 3 rings (SSSR count). The van der Waals surface area contributed by atoms with Crippen LogP contribution >= 0.6 is 23.2 Å². The van der Waals surface area contributed by atoms with Crippen molar-refractivity contribution in [3.8, 4) is 0 Å². The third-order valence-corrected chi connectivity index (χ3v) is 4.20. The summed E-state index contributed by atoms with van der Waals surface area (Å²) < 4.78 is 2.19. The summed E-state index contributed by atoms with van der Waals surface area (Å²) >= 11 is 12.0. The summed E-state index contributed by atoms with van der Waals surface area (Å²) in [5.41, 5.74) is 9.24. The summed E-state index contributed by atoms with van der Waals surface area (Å²) in [4.78, 5) is 0. The molecule has 1 heterocycles. The molecular weight excluding hydrogens is 291 g/mol. The predicted octanol–water partition coefficient (Wildman–Crippen LogP) is 4.46. The Kier molecular flexibility index (Phi) is 3.70. The zero-order valence-corrected chi connectivity index (χ0v) is 12.3.